The Kier molecular flexibility index (Phi) is 6.42. The molecule has 2 atom stereocenters. The van der Waals surface area contributed by atoms with E-state index < -0.39 is 15.4 Å². The van der Waals surface area contributed by atoms with Gasteiger partial charge in [-0.1, -0.05) is 12.8 Å². The van der Waals surface area contributed by atoms with E-state index >= 15 is 0 Å². The van der Waals surface area contributed by atoms with E-state index in [4.69, 9.17) is 10.5 Å². The lowest BCUT2D eigenvalue weighted by Gasteiger charge is -2.37. The van der Waals surface area contributed by atoms with Crippen molar-refractivity contribution in [2.24, 2.45) is 11.7 Å². The van der Waals surface area contributed by atoms with Crippen LogP contribution in [0.25, 0.3) is 0 Å². The van der Waals surface area contributed by atoms with Crippen LogP contribution in [-0.2, 0) is 19.4 Å². The second kappa shape index (κ2) is 7.38. The number of hydrogen-bond acceptors (Lipinski definition) is 5. The van der Waals surface area contributed by atoms with Crippen molar-refractivity contribution >= 4 is 15.7 Å². The molecule has 0 bridgehead atoms. The molecule has 1 aliphatic rings. The zero-order chi connectivity index (χ0) is 15.2. The van der Waals surface area contributed by atoms with Crippen LogP contribution >= 0.6 is 0 Å². The second-order valence-corrected chi connectivity index (χ2v) is 8.10. The molecule has 0 heterocycles. The molecule has 0 aromatic heterocycles. The van der Waals surface area contributed by atoms with Crippen LogP contribution in [0.4, 0.5) is 0 Å². The molecule has 1 rings (SSSR count). The van der Waals surface area contributed by atoms with Gasteiger partial charge in [-0.25, -0.2) is 8.42 Å². The van der Waals surface area contributed by atoms with E-state index in [0.29, 0.717) is 13.2 Å². The summed E-state index contributed by atoms with van der Waals surface area (Å²) in [6.45, 7) is 2.79. The maximum atomic E-state index is 12.1. The zero-order valence-corrected chi connectivity index (χ0v) is 13.2. The van der Waals surface area contributed by atoms with Crippen LogP contribution in [0.2, 0.25) is 0 Å². The average Bonchev–Trinajstić information content (AvgIpc) is 2.31. The minimum atomic E-state index is -2.99. The largest absolute Gasteiger partial charge is 0.379 e. The van der Waals surface area contributed by atoms with Gasteiger partial charge in [0.1, 0.15) is 9.84 Å². The molecule has 1 aliphatic carbocycles. The lowest BCUT2D eigenvalue weighted by molar-refractivity contribution is -0.128. The molecule has 6 nitrogen and oxygen atoms in total. The SMILES string of the molecule is CC1(N)CCCCC1C(=O)NCCOCCS(C)(=O)=O. The Morgan fingerprint density at radius 2 is 2.10 bits per heavy atom. The van der Waals surface area contributed by atoms with Crippen molar-refractivity contribution in [2.45, 2.75) is 38.1 Å². The minimum Gasteiger partial charge on any atom is -0.379 e. The Balaban J connectivity index is 2.20. The van der Waals surface area contributed by atoms with Crippen molar-refractivity contribution in [3.05, 3.63) is 0 Å². The molecule has 1 saturated carbocycles. The molecule has 0 aromatic carbocycles. The van der Waals surface area contributed by atoms with Crippen LogP contribution in [0.15, 0.2) is 0 Å². The van der Waals surface area contributed by atoms with Gasteiger partial charge in [0.05, 0.1) is 24.9 Å². The molecule has 7 heteroatoms. The van der Waals surface area contributed by atoms with E-state index in [2.05, 4.69) is 5.32 Å². The number of rotatable bonds is 7. The first-order valence-electron chi connectivity index (χ1n) is 7.04. The summed E-state index contributed by atoms with van der Waals surface area (Å²) in [6.07, 6.45) is 4.98. The highest BCUT2D eigenvalue weighted by atomic mass is 32.2. The van der Waals surface area contributed by atoms with E-state index in [9.17, 15) is 13.2 Å². The quantitative estimate of drug-likeness (QED) is 0.649. The van der Waals surface area contributed by atoms with Crippen LogP contribution in [-0.4, -0.2) is 51.6 Å². The molecule has 1 fully saturated rings. The van der Waals surface area contributed by atoms with Gasteiger partial charge in [-0.15, -0.1) is 0 Å². The molecule has 0 spiro atoms. The van der Waals surface area contributed by atoms with Gasteiger partial charge in [0.15, 0.2) is 0 Å². The van der Waals surface area contributed by atoms with Gasteiger partial charge in [-0.2, -0.15) is 0 Å². The standard InChI is InChI=1S/C13H26N2O4S/c1-13(14)6-4-3-5-11(13)12(16)15-7-8-19-9-10-20(2,17)18/h11H,3-10,14H2,1-2H3,(H,15,16). The van der Waals surface area contributed by atoms with Crippen LogP contribution in [0.1, 0.15) is 32.6 Å². The van der Waals surface area contributed by atoms with Gasteiger partial charge in [0, 0.05) is 18.3 Å². The fourth-order valence-corrected chi connectivity index (χ4v) is 2.89. The lowest BCUT2D eigenvalue weighted by Crippen LogP contribution is -2.53. The summed E-state index contributed by atoms with van der Waals surface area (Å²) in [6, 6.07) is 0. The second-order valence-electron chi connectivity index (χ2n) is 5.84. The third kappa shape index (κ3) is 6.19. The number of nitrogens with one attached hydrogen (secondary N) is 1. The van der Waals surface area contributed by atoms with E-state index in [1.165, 1.54) is 6.26 Å². The Morgan fingerprint density at radius 3 is 2.70 bits per heavy atom. The van der Waals surface area contributed by atoms with Crippen molar-refractivity contribution in [3.8, 4) is 0 Å². The van der Waals surface area contributed by atoms with E-state index in [1.807, 2.05) is 6.92 Å². The number of hydrogen-bond donors (Lipinski definition) is 2. The monoisotopic (exact) mass is 306 g/mol. The number of nitrogens with two attached hydrogens (primary N) is 1. The van der Waals surface area contributed by atoms with Crippen LogP contribution < -0.4 is 11.1 Å². The zero-order valence-electron chi connectivity index (χ0n) is 12.4. The van der Waals surface area contributed by atoms with Gasteiger partial charge < -0.3 is 15.8 Å². The van der Waals surface area contributed by atoms with Crippen LogP contribution in [0, 0.1) is 5.92 Å². The van der Waals surface area contributed by atoms with Crippen molar-refractivity contribution in [2.75, 3.05) is 31.8 Å². The number of ether oxygens (including phenoxy) is 1. The summed E-state index contributed by atoms with van der Waals surface area (Å²) in [5.41, 5.74) is 5.73. The van der Waals surface area contributed by atoms with E-state index in [-0.39, 0.29) is 24.2 Å². The summed E-state index contributed by atoms with van der Waals surface area (Å²) < 4.78 is 26.9. The maximum absolute atomic E-state index is 12.1. The molecule has 0 aromatic rings. The minimum absolute atomic E-state index is 0.00441. The highest BCUT2D eigenvalue weighted by Crippen LogP contribution is 2.31. The lowest BCUT2D eigenvalue weighted by atomic mass is 9.74. The fraction of sp³-hybridized carbons (Fsp3) is 0.923. The molecule has 2 unspecified atom stereocenters. The Labute approximate surface area is 121 Å². The number of sulfone groups is 1. The van der Waals surface area contributed by atoms with E-state index in [0.717, 1.165) is 25.7 Å². The molecule has 20 heavy (non-hydrogen) atoms. The van der Waals surface area contributed by atoms with Gasteiger partial charge in [0.2, 0.25) is 5.91 Å². The van der Waals surface area contributed by atoms with Gasteiger partial charge >= 0.3 is 0 Å². The number of carbonyl (C=O) groups is 1. The molecule has 0 radical (unpaired) electrons. The first kappa shape index (κ1) is 17.4. The van der Waals surface area contributed by atoms with Crippen molar-refractivity contribution in [3.63, 3.8) is 0 Å². The third-order valence-corrected chi connectivity index (χ3v) is 4.62. The van der Waals surface area contributed by atoms with Crippen LogP contribution in [0.5, 0.6) is 0 Å². The van der Waals surface area contributed by atoms with Crippen LogP contribution in [0.3, 0.4) is 0 Å². The number of carbonyl (C=O) groups excluding carboxylic acids is 1. The Hall–Kier alpha value is -0.660. The first-order valence-corrected chi connectivity index (χ1v) is 9.10. The Bertz CT molecular complexity index is 420. The average molecular weight is 306 g/mol. The Morgan fingerprint density at radius 1 is 1.40 bits per heavy atom. The van der Waals surface area contributed by atoms with Gasteiger partial charge in [-0.3, -0.25) is 4.79 Å². The van der Waals surface area contributed by atoms with Crippen molar-refractivity contribution in [1.29, 1.82) is 0 Å². The molecular weight excluding hydrogens is 280 g/mol. The highest BCUT2D eigenvalue weighted by Gasteiger charge is 2.37. The molecular formula is C13H26N2O4S. The summed E-state index contributed by atoms with van der Waals surface area (Å²) in [5.74, 6) is -0.168. The predicted octanol–water partition coefficient (Wildman–Crippen LogP) is 0.0714. The molecule has 118 valence electrons. The van der Waals surface area contributed by atoms with Gasteiger partial charge in [-0.05, 0) is 19.8 Å². The maximum Gasteiger partial charge on any atom is 0.225 e. The van der Waals surface area contributed by atoms with Gasteiger partial charge in [0.25, 0.3) is 0 Å². The van der Waals surface area contributed by atoms with Crippen molar-refractivity contribution in [1.82, 2.24) is 5.32 Å². The fourth-order valence-electron chi connectivity index (χ4n) is 2.47. The summed E-state index contributed by atoms with van der Waals surface area (Å²) in [5, 5.41) is 2.81. The first-order chi connectivity index (χ1) is 9.22. The predicted molar refractivity (Wildman–Crippen MR) is 78.1 cm³/mol. The molecule has 0 aliphatic heterocycles. The summed E-state index contributed by atoms with van der Waals surface area (Å²) in [4.78, 5) is 12.1. The number of amides is 1. The summed E-state index contributed by atoms with van der Waals surface area (Å²) >= 11 is 0. The normalized spacial score (nSPS) is 27.2. The molecule has 3 N–H and O–H groups in total. The smallest absolute Gasteiger partial charge is 0.225 e. The topological polar surface area (TPSA) is 98.5 Å². The molecule has 1 amide bonds. The summed E-state index contributed by atoms with van der Waals surface area (Å²) in [7, 11) is -2.99. The third-order valence-electron chi connectivity index (χ3n) is 3.71. The highest BCUT2D eigenvalue weighted by molar-refractivity contribution is 7.90. The van der Waals surface area contributed by atoms with E-state index in [1.54, 1.807) is 0 Å². The molecule has 0 saturated heterocycles. The van der Waals surface area contributed by atoms with Crippen molar-refractivity contribution < 1.29 is 17.9 Å².